The Morgan fingerprint density at radius 1 is 1.38 bits per heavy atom. The Labute approximate surface area is 113 Å². The Morgan fingerprint density at radius 3 is 2.56 bits per heavy atom. The minimum atomic E-state index is 0.0434. The summed E-state index contributed by atoms with van der Waals surface area (Å²) >= 11 is 6.77. The van der Waals surface area contributed by atoms with Crippen molar-refractivity contribution in [1.82, 2.24) is 4.90 Å². The van der Waals surface area contributed by atoms with E-state index in [-0.39, 0.29) is 5.91 Å². The molecule has 0 aliphatic heterocycles. The van der Waals surface area contributed by atoms with Crippen molar-refractivity contribution in [2.75, 3.05) is 13.6 Å². The van der Waals surface area contributed by atoms with Crippen LogP contribution in [0, 0.1) is 5.92 Å². The second-order valence-electron chi connectivity index (χ2n) is 4.20. The molecule has 4 heteroatoms. The molecule has 0 aliphatic rings. The highest BCUT2D eigenvalue weighted by atomic mass is 79.9. The van der Waals surface area contributed by atoms with E-state index in [0.29, 0.717) is 11.5 Å². The lowest BCUT2D eigenvalue weighted by Gasteiger charge is -2.20. The summed E-state index contributed by atoms with van der Waals surface area (Å²) in [6, 6.07) is 5.62. The summed E-state index contributed by atoms with van der Waals surface area (Å²) in [6.45, 7) is 4.96. The third-order valence-corrected chi connectivity index (χ3v) is 3.33. The van der Waals surface area contributed by atoms with Crippen LogP contribution in [-0.4, -0.2) is 24.4 Å². The van der Waals surface area contributed by atoms with Gasteiger partial charge in [0, 0.05) is 22.5 Å². The summed E-state index contributed by atoms with van der Waals surface area (Å²) in [6.07, 6.45) is 0. The van der Waals surface area contributed by atoms with Crippen LogP contribution in [0.4, 0.5) is 0 Å². The fourth-order valence-electron chi connectivity index (χ4n) is 1.50. The molecule has 0 fully saturated rings. The molecule has 88 valence electrons. The van der Waals surface area contributed by atoms with Crippen LogP contribution in [0.15, 0.2) is 27.1 Å². The second kappa shape index (κ2) is 5.82. The maximum Gasteiger partial charge on any atom is 0.254 e. The molecule has 1 rings (SSSR count). The highest BCUT2D eigenvalue weighted by Gasteiger charge is 2.15. The third-order valence-electron chi connectivity index (χ3n) is 2.14. The van der Waals surface area contributed by atoms with Gasteiger partial charge in [0.05, 0.1) is 5.56 Å². The van der Waals surface area contributed by atoms with Crippen molar-refractivity contribution in [3.8, 4) is 0 Å². The molecule has 0 aliphatic carbocycles. The van der Waals surface area contributed by atoms with Gasteiger partial charge < -0.3 is 4.90 Å². The molecule has 0 aromatic heterocycles. The molecule has 0 N–H and O–H groups in total. The van der Waals surface area contributed by atoms with E-state index >= 15 is 0 Å². The quantitative estimate of drug-likeness (QED) is 0.810. The predicted octanol–water partition coefficient (Wildman–Crippen LogP) is 3.94. The molecule has 0 radical (unpaired) electrons. The van der Waals surface area contributed by atoms with Crippen molar-refractivity contribution >= 4 is 37.8 Å². The van der Waals surface area contributed by atoms with Crippen LogP contribution in [-0.2, 0) is 0 Å². The van der Waals surface area contributed by atoms with E-state index in [4.69, 9.17) is 0 Å². The molecule has 16 heavy (non-hydrogen) atoms. The SMILES string of the molecule is CC(C)CN(C)C(=O)c1cc(Br)ccc1Br. The highest BCUT2D eigenvalue weighted by Crippen LogP contribution is 2.22. The highest BCUT2D eigenvalue weighted by molar-refractivity contribution is 9.11. The van der Waals surface area contributed by atoms with E-state index in [1.54, 1.807) is 4.90 Å². The summed E-state index contributed by atoms with van der Waals surface area (Å²) in [5.41, 5.74) is 0.692. The monoisotopic (exact) mass is 347 g/mol. The summed E-state index contributed by atoms with van der Waals surface area (Å²) in [7, 11) is 1.83. The lowest BCUT2D eigenvalue weighted by molar-refractivity contribution is 0.0778. The van der Waals surface area contributed by atoms with E-state index in [1.165, 1.54) is 0 Å². The second-order valence-corrected chi connectivity index (χ2v) is 5.97. The number of nitrogens with zero attached hydrogens (tertiary/aromatic N) is 1. The summed E-state index contributed by atoms with van der Waals surface area (Å²) in [5.74, 6) is 0.516. The van der Waals surface area contributed by atoms with Gasteiger partial charge in [0.2, 0.25) is 0 Å². The molecule has 1 aromatic carbocycles. The van der Waals surface area contributed by atoms with Crippen molar-refractivity contribution in [3.63, 3.8) is 0 Å². The van der Waals surface area contributed by atoms with Crippen LogP contribution in [0.25, 0.3) is 0 Å². The minimum Gasteiger partial charge on any atom is -0.341 e. The molecule has 0 bridgehead atoms. The summed E-state index contributed by atoms with van der Waals surface area (Å²) in [5, 5.41) is 0. The number of benzene rings is 1. The molecule has 0 saturated carbocycles. The van der Waals surface area contributed by atoms with E-state index in [1.807, 2.05) is 25.2 Å². The first-order chi connectivity index (χ1) is 7.41. The van der Waals surface area contributed by atoms with Crippen LogP contribution < -0.4 is 0 Å². The summed E-state index contributed by atoms with van der Waals surface area (Å²) in [4.78, 5) is 13.9. The average molecular weight is 349 g/mol. The molecule has 0 atom stereocenters. The fourth-order valence-corrected chi connectivity index (χ4v) is 2.27. The average Bonchev–Trinajstić information content (AvgIpc) is 2.19. The van der Waals surface area contributed by atoms with Crippen LogP contribution >= 0.6 is 31.9 Å². The van der Waals surface area contributed by atoms with E-state index in [0.717, 1.165) is 15.5 Å². The normalized spacial score (nSPS) is 10.6. The van der Waals surface area contributed by atoms with Crippen LogP contribution in [0.1, 0.15) is 24.2 Å². The first-order valence-electron chi connectivity index (χ1n) is 5.12. The number of carbonyl (C=O) groups excluding carboxylic acids is 1. The Kier molecular flexibility index (Phi) is 4.99. The maximum absolute atomic E-state index is 12.1. The van der Waals surface area contributed by atoms with Gasteiger partial charge >= 0.3 is 0 Å². The van der Waals surface area contributed by atoms with Gasteiger partial charge in [-0.2, -0.15) is 0 Å². The zero-order valence-electron chi connectivity index (χ0n) is 9.63. The molecule has 0 spiro atoms. The minimum absolute atomic E-state index is 0.0434. The Hall–Kier alpha value is -0.350. The molecule has 0 saturated heterocycles. The number of amides is 1. The number of hydrogen-bond donors (Lipinski definition) is 0. The van der Waals surface area contributed by atoms with Gasteiger partial charge in [0.25, 0.3) is 5.91 Å². The molecule has 1 aromatic rings. The van der Waals surface area contributed by atoms with E-state index < -0.39 is 0 Å². The van der Waals surface area contributed by atoms with E-state index in [2.05, 4.69) is 45.7 Å². The van der Waals surface area contributed by atoms with Gasteiger partial charge in [0.1, 0.15) is 0 Å². The zero-order chi connectivity index (χ0) is 12.3. The molecule has 0 unspecified atom stereocenters. The molecular formula is C12H15Br2NO. The van der Waals surface area contributed by atoms with Crippen molar-refractivity contribution in [2.24, 2.45) is 5.92 Å². The first kappa shape index (κ1) is 13.7. The maximum atomic E-state index is 12.1. The predicted molar refractivity (Wildman–Crippen MR) is 73.6 cm³/mol. The number of hydrogen-bond acceptors (Lipinski definition) is 1. The van der Waals surface area contributed by atoms with Crippen LogP contribution in [0.2, 0.25) is 0 Å². The fraction of sp³-hybridized carbons (Fsp3) is 0.417. The van der Waals surface area contributed by atoms with Crippen LogP contribution in [0.5, 0.6) is 0 Å². The standard InChI is InChI=1S/C12H15Br2NO/c1-8(2)7-15(3)12(16)10-6-9(13)4-5-11(10)14/h4-6,8H,7H2,1-3H3. The van der Waals surface area contributed by atoms with Gasteiger partial charge in [-0.3, -0.25) is 4.79 Å². The Morgan fingerprint density at radius 2 is 2.00 bits per heavy atom. The topological polar surface area (TPSA) is 20.3 Å². The Bertz CT molecular complexity index is 391. The molecule has 2 nitrogen and oxygen atoms in total. The third kappa shape index (κ3) is 3.59. The largest absolute Gasteiger partial charge is 0.341 e. The molecule has 0 heterocycles. The number of carbonyl (C=O) groups is 1. The van der Waals surface area contributed by atoms with Gasteiger partial charge in [-0.1, -0.05) is 29.8 Å². The van der Waals surface area contributed by atoms with Crippen molar-refractivity contribution in [3.05, 3.63) is 32.7 Å². The molecular weight excluding hydrogens is 334 g/mol. The van der Waals surface area contributed by atoms with Gasteiger partial charge in [-0.25, -0.2) is 0 Å². The van der Waals surface area contributed by atoms with Gasteiger partial charge in [-0.05, 0) is 40.0 Å². The zero-order valence-corrected chi connectivity index (χ0v) is 12.8. The smallest absolute Gasteiger partial charge is 0.254 e. The van der Waals surface area contributed by atoms with Gasteiger partial charge in [0.15, 0.2) is 0 Å². The lowest BCUT2D eigenvalue weighted by atomic mass is 10.1. The van der Waals surface area contributed by atoms with Crippen molar-refractivity contribution in [2.45, 2.75) is 13.8 Å². The summed E-state index contributed by atoms with van der Waals surface area (Å²) < 4.78 is 1.74. The number of rotatable bonds is 3. The van der Waals surface area contributed by atoms with Crippen molar-refractivity contribution < 1.29 is 4.79 Å². The number of halogens is 2. The Balaban J connectivity index is 2.91. The first-order valence-corrected chi connectivity index (χ1v) is 6.71. The van der Waals surface area contributed by atoms with E-state index in [9.17, 15) is 4.79 Å². The molecule has 1 amide bonds. The lowest BCUT2D eigenvalue weighted by Crippen LogP contribution is -2.30. The van der Waals surface area contributed by atoms with Crippen LogP contribution in [0.3, 0.4) is 0 Å². The van der Waals surface area contributed by atoms with Crippen molar-refractivity contribution in [1.29, 1.82) is 0 Å². The van der Waals surface area contributed by atoms with Gasteiger partial charge in [-0.15, -0.1) is 0 Å².